The lowest BCUT2D eigenvalue weighted by Gasteiger charge is -2.17. The summed E-state index contributed by atoms with van der Waals surface area (Å²) in [5.74, 6) is -0.491. The van der Waals surface area contributed by atoms with Crippen molar-refractivity contribution >= 4 is 22.8 Å². The van der Waals surface area contributed by atoms with Gasteiger partial charge < -0.3 is 10.1 Å². The van der Waals surface area contributed by atoms with Crippen molar-refractivity contribution in [3.05, 3.63) is 41.6 Å². The van der Waals surface area contributed by atoms with Gasteiger partial charge in [0.05, 0.1) is 11.1 Å². The van der Waals surface area contributed by atoms with E-state index in [0.29, 0.717) is 11.5 Å². The number of carbonyl (C=O) groups excluding carboxylic acids is 2. The Labute approximate surface area is 136 Å². The Bertz CT molecular complexity index is 725. The van der Waals surface area contributed by atoms with Gasteiger partial charge in [0.25, 0.3) is 5.91 Å². The molecule has 1 amide bonds. The monoisotopic (exact) mass is 314 g/mol. The summed E-state index contributed by atoms with van der Waals surface area (Å²) in [4.78, 5) is 28.5. The highest BCUT2D eigenvalue weighted by Gasteiger charge is 2.16. The number of carbonyl (C=O) groups is 2. The molecule has 1 aromatic carbocycles. The molecular formula is C18H22N2O3. The summed E-state index contributed by atoms with van der Waals surface area (Å²) in [5.41, 5.74) is 1.89. The number of esters is 1. The Balaban J connectivity index is 2.08. The molecule has 5 heteroatoms. The molecule has 0 aliphatic carbocycles. The van der Waals surface area contributed by atoms with Crippen LogP contribution in [0.1, 0.15) is 36.8 Å². The van der Waals surface area contributed by atoms with Gasteiger partial charge in [-0.25, -0.2) is 4.79 Å². The number of aryl methyl sites for hydroxylation is 1. The lowest BCUT2D eigenvalue weighted by Crippen LogP contribution is -2.38. The fourth-order valence-electron chi connectivity index (χ4n) is 2.15. The molecule has 0 saturated heterocycles. The van der Waals surface area contributed by atoms with Gasteiger partial charge in [-0.3, -0.25) is 9.78 Å². The number of benzene rings is 1. The van der Waals surface area contributed by atoms with Crippen LogP contribution in [0.3, 0.4) is 0 Å². The second kappa shape index (κ2) is 7.22. The van der Waals surface area contributed by atoms with Crippen LogP contribution in [-0.2, 0) is 9.53 Å². The van der Waals surface area contributed by atoms with Crippen molar-refractivity contribution < 1.29 is 14.3 Å². The maximum Gasteiger partial charge on any atom is 0.339 e. The summed E-state index contributed by atoms with van der Waals surface area (Å²) in [7, 11) is 0. The summed E-state index contributed by atoms with van der Waals surface area (Å²) >= 11 is 0. The first-order valence-electron chi connectivity index (χ1n) is 7.71. The quantitative estimate of drug-likeness (QED) is 0.862. The second-order valence-electron chi connectivity index (χ2n) is 6.00. The van der Waals surface area contributed by atoms with Crippen LogP contribution in [0.4, 0.5) is 0 Å². The molecule has 0 radical (unpaired) electrons. The summed E-state index contributed by atoms with van der Waals surface area (Å²) in [6.07, 6.45) is 0. The highest BCUT2D eigenvalue weighted by Crippen LogP contribution is 2.19. The van der Waals surface area contributed by atoms with E-state index in [1.54, 1.807) is 6.07 Å². The van der Waals surface area contributed by atoms with Gasteiger partial charge in [0.1, 0.15) is 0 Å². The Morgan fingerprint density at radius 1 is 1.22 bits per heavy atom. The Morgan fingerprint density at radius 2 is 1.91 bits per heavy atom. The van der Waals surface area contributed by atoms with E-state index < -0.39 is 5.97 Å². The van der Waals surface area contributed by atoms with Crippen molar-refractivity contribution in [3.63, 3.8) is 0 Å². The molecule has 0 saturated carbocycles. The number of pyridine rings is 1. The first kappa shape index (κ1) is 16.9. The minimum atomic E-state index is -0.515. The average molecular weight is 314 g/mol. The van der Waals surface area contributed by atoms with Gasteiger partial charge in [-0.1, -0.05) is 32.0 Å². The molecule has 0 fully saturated rings. The zero-order chi connectivity index (χ0) is 17.0. The standard InChI is InChI=1S/C18H22N2O3/c1-11(2)13(4)20-17(21)10-23-18(22)15-9-12(3)19-16-8-6-5-7-14(15)16/h5-9,11,13H,10H2,1-4H3,(H,20,21). The zero-order valence-electron chi connectivity index (χ0n) is 13.9. The molecule has 2 rings (SSSR count). The molecule has 23 heavy (non-hydrogen) atoms. The number of nitrogens with one attached hydrogen (secondary N) is 1. The van der Waals surface area contributed by atoms with Gasteiger partial charge in [0.2, 0.25) is 0 Å². The lowest BCUT2D eigenvalue weighted by atomic mass is 10.1. The van der Waals surface area contributed by atoms with E-state index >= 15 is 0 Å². The average Bonchev–Trinajstić information content (AvgIpc) is 2.51. The number of amides is 1. The van der Waals surface area contributed by atoms with Crippen LogP contribution in [0.2, 0.25) is 0 Å². The highest BCUT2D eigenvalue weighted by atomic mass is 16.5. The molecule has 0 spiro atoms. The summed E-state index contributed by atoms with van der Waals surface area (Å²) in [5, 5.41) is 3.53. The molecule has 0 aliphatic rings. The molecule has 1 N–H and O–H groups in total. The molecular weight excluding hydrogens is 292 g/mol. The van der Waals surface area contributed by atoms with Gasteiger partial charge >= 0.3 is 5.97 Å². The van der Waals surface area contributed by atoms with E-state index in [2.05, 4.69) is 10.3 Å². The molecule has 1 heterocycles. The van der Waals surface area contributed by atoms with Crippen molar-refractivity contribution in [2.24, 2.45) is 5.92 Å². The number of hydrogen-bond acceptors (Lipinski definition) is 4. The van der Waals surface area contributed by atoms with Crippen molar-refractivity contribution in [1.82, 2.24) is 10.3 Å². The topological polar surface area (TPSA) is 68.3 Å². The van der Waals surface area contributed by atoms with Gasteiger partial charge in [0.15, 0.2) is 6.61 Å². The van der Waals surface area contributed by atoms with Gasteiger partial charge in [-0.2, -0.15) is 0 Å². The number of para-hydroxylation sites is 1. The van der Waals surface area contributed by atoms with E-state index in [1.807, 2.05) is 52.0 Å². The minimum absolute atomic E-state index is 0.0326. The molecule has 0 aliphatic heterocycles. The van der Waals surface area contributed by atoms with Gasteiger partial charge in [-0.05, 0) is 31.9 Å². The van der Waals surface area contributed by atoms with E-state index in [4.69, 9.17) is 4.74 Å². The summed E-state index contributed by atoms with van der Waals surface area (Å²) in [6, 6.07) is 9.08. The van der Waals surface area contributed by atoms with Crippen LogP contribution in [0.15, 0.2) is 30.3 Å². The maximum absolute atomic E-state index is 12.3. The number of nitrogens with zero attached hydrogens (tertiary/aromatic N) is 1. The Morgan fingerprint density at radius 3 is 2.61 bits per heavy atom. The van der Waals surface area contributed by atoms with Crippen molar-refractivity contribution in [1.29, 1.82) is 0 Å². The fourth-order valence-corrected chi connectivity index (χ4v) is 2.15. The van der Waals surface area contributed by atoms with Crippen LogP contribution >= 0.6 is 0 Å². The number of hydrogen-bond donors (Lipinski definition) is 1. The first-order valence-corrected chi connectivity index (χ1v) is 7.71. The molecule has 2 aromatic rings. The second-order valence-corrected chi connectivity index (χ2v) is 6.00. The van der Waals surface area contributed by atoms with E-state index in [9.17, 15) is 9.59 Å². The van der Waals surface area contributed by atoms with Crippen LogP contribution in [0.25, 0.3) is 10.9 Å². The largest absolute Gasteiger partial charge is 0.452 e. The molecule has 1 unspecified atom stereocenters. The first-order chi connectivity index (χ1) is 10.9. The van der Waals surface area contributed by atoms with Crippen LogP contribution in [0.5, 0.6) is 0 Å². The van der Waals surface area contributed by atoms with E-state index in [-0.39, 0.29) is 18.6 Å². The number of rotatable bonds is 5. The molecule has 1 atom stereocenters. The van der Waals surface area contributed by atoms with Crippen LogP contribution in [0, 0.1) is 12.8 Å². The third-order valence-corrected chi connectivity index (χ3v) is 3.79. The van der Waals surface area contributed by atoms with E-state index in [0.717, 1.165) is 16.6 Å². The number of aromatic nitrogens is 1. The normalized spacial score (nSPS) is 12.2. The van der Waals surface area contributed by atoms with E-state index in [1.165, 1.54) is 0 Å². The van der Waals surface area contributed by atoms with Crippen LogP contribution in [-0.4, -0.2) is 29.5 Å². The Hall–Kier alpha value is -2.43. The predicted molar refractivity (Wildman–Crippen MR) is 89.2 cm³/mol. The SMILES string of the molecule is Cc1cc(C(=O)OCC(=O)NC(C)C(C)C)c2ccccc2n1. The van der Waals surface area contributed by atoms with Crippen LogP contribution < -0.4 is 5.32 Å². The molecule has 5 nitrogen and oxygen atoms in total. The number of fused-ring (bicyclic) bond motifs is 1. The van der Waals surface area contributed by atoms with Crippen molar-refractivity contribution in [2.75, 3.05) is 6.61 Å². The van der Waals surface area contributed by atoms with Crippen molar-refractivity contribution in [2.45, 2.75) is 33.7 Å². The Kier molecular flexibility index (Phi) is 5.32. The third-order valence-electron chi connectivity index (χ3n) is 3.79. The summed E-state index contributed by atoms with van der Waals surface area (Å²) < 4.78 is 5.15. The summed E-state index contributed by atoms with van der Waals surface area (Å²) in [6.45, 7) is 7.49. The molecule has 1 aromatic heterocycles. The predicted octanol–water partition coefficient (Wildman–Crippen LogP) is 2.86. The third kappa shape index (κ3) is 4.28. The van der Waals surface area contributed by atoms with Crippen molar-refractivity contribution in [3.8, 4) is 0 Å². The smallest absolute Gasteiger partial charge is 0.339 e. The minimum Gasteiger partial charge on any atom is -0.452 e. The zero-order valence-corrected chi connectivity index (χ0v) is 13.9. The fraction of sp³-hybridized carbons (Fsp3) is 0.389. The maximum atomic E-state index is 12.3. The lowest BCUT2D eigenvalue weighted by molar-refractivity contribution is -0.125. The molecule has 0 bridgehead atoms. The van der Waals surface area contributed by atoms with Gasteiger partial charge in [0, 0.05) is 17.1 Å². The molecule has 122 valence electrons. The van der Waals surface area contributed by atoms with Gasteiger partial charge in [-0.15, -0.1) is 0 Å². The highest BCUT2D eigenvalue weighted by molar-refractivity contribution is 6.04. The number of ether oxygens (including phenoxy) is 1.